The van der Waals surface area contributed by atoms with Crippen LogP contribution in [0.5, 0.6) is 0 Å². The van der Waals surface area contributed by atoms with Crippen molar-refractivity contribution in [1.29, 1.82) is 0 Å². The molecule has 1 N–H and O–H groups in total. The highest BCUT2D eigenvalue weighted by Gasteiger charge is 2.33. The first-order valence-corrected chi connectivity index (χ1v) is 23.5. The zero-order valence-corrected chi connectivity index (χ0v) is 36.3. The van der Waals surface area contributed by atoms with Crippen molar-refractivity contribution >= 4 is 62.9 Å². The topological polar surface area (TPSA) is 109 Å². The van der Waals surface area contributed by atoms with E-state index in [1.54, 1.807) is 11.8 Å². The van der Waals surface area contributed by atoms with Gasteiger partial charge in [0.1, 0.15) is 13.2 Å². The average molecular weight is 823 g/mol. The van der Waals surface area contributed by atoms with E-state index < -0.39 is 15.5 Å². The molecular weight excluding hydrogens is 751 g/mol. The van der Waals surface area contributed by atoms with Crippen LogP contribution in [0.2, 0.25) is 0 Å². The van der Waals surface area contributed by atoms with Gasteiger partial charge >= 0.3 is 7.67 Å². The number of methoxy groups -OCH3 is 1. The van der Waals surface area contributed by atoms with E-state index in [4.69, 9.17) is 41.5 Å². The van der Waals surface area contributed by atoms with E-state index >= 15 is 0 Å². The van der Waals surface area contributed by atoms with E-state index in [-0.39, 0.29) is 31.5 Å². The van der Waals surface area contributed by atoms with Crippen LogP contribution in [-0.2, 0) is 27.4 Å². The van der Waals surface area contributed by atoms with Crippen molar-refractivity contribution in [2.75, 3.05) is 104 Å². The lowest BCUT2D eigenvalue weighted by Gasteiger charge is -2.34. The molecule has 1 saturated heterocycles. The minimum absolute atomic E-state index is 0. The van der Waals surface area contributed by atoms with Crippen molar-refractivity contribution < 1.29 is 36.8 Å². The molecule has 3 atom stereocenters. The van der Waals surface area contributed by atoms with Gasteiger partial charge in [0.05, 0.1) is 41.0 Å². The molecule has 0 aliphatic carbocycles. The van der Waals surface area contributed by atoms with Crippen LogP contribution in [0.1, 0.15) is 103 Å². The van der Waals surface area contributed by atoms with Crippen molar-refractivity contribution in [2.45, 2.75) is 103 Å². The molecule has 1 fully saturated rings. The summed E-state index contributed by atoms with van der Waals surface area (Å²) in [6.45, 7) is 5.97. The molecule has 0 amide bonds. The van der Waals surface area contributed by atoms with E-state index in [1.165, 1.54) is 89.9 Å². The maximum atomic E-state index is 12.2. The third-order valence-corrected chi connectivity index (χ3v) is 12.7. The fourth-order valence-electron chi connectivity index (χ4n) is 5.01. The van der Waals surface area contributed by atoms with Gasteiger partial charge in [0, 0.05) is 50.2 Å². The highest BCUT2D eigenvalue weighted by molar-refractivity contribution is 7.99. The largest absolute Gasteiger partial charge is 0.756 e. The molecule has 0 aromatic heterocycles. The number of alkyl halides is 2. The number of nitrogens with one attached hydrogen (secondary N) is 1. The Kier molecular flexibility index (Phi) is 36.3. The number of quaternary nitrogens is 1. The van der Waals surface area contributed by atoms with Gasteiger partial charge in [-0.2, -0.15) is 11.8 Å². The van der Waals surface area contributed by atoms with Crippen molar-refractivity contribution in [2.24, 2.45) is 5.92 Å². The first-order valence-electron chi connectivity index (χ1n) is 18.3. The SMILES string of the molecule is CCCCCCCCCCCCCCCCSCC(COC)COP(=O)([O-])OCC[N+](C)(C)C.Cl.O=P1(NCCCl)OCCCN1CCCl. The Hall–Kier alpha value is 1.36. The van der Waals surface area contributed by atoms with Crippen LogP contribution in [0.25, 0.3) is 0 Å². The Morgan fingerprint density at radius 1 is 0.939 bits per heavy atom. The summed E-state index contributed by atoms with van der Waals surface area (Å²) >= 11 is 13.0. The summed E-state index contributed by atoms with van der Waals surface area (Å²) in [6, 6.07) is 0. The molecule has 10 nitrogen and oxygen atoms in total. The van der Waals surface area contributed by atoms with Crippen molar-refractivity contribution in [1.82, 2.24) is 9.76 Å². The van der Waals surface area contributed by atoms with Gasteiger partial charge in [-0.3, -0.25) is 9.13 Å². The maximum Gasteiger partial charge on any atom is 0.343 e. The lowest BCUT2D eigenvalue weighted by molar-refractivity contribution is -0.870. The second kappa shape index (κ2) is 33.9. The number of hydrogen-bond donors (Lipinski definition) is 1. The third kappa shape index (κ3) is 32.5. The summed E-state index contributed by atoms with van der Waals surface area (Å²) in [5, 5.41) is 2.85. The normalized spacial score (nSPS) is 18.7. The third-order valence-electron chi connectivity index (χ3n) is 7.83. The molecule has 3 unspecified atom stereocenters. The molecule has 1 heterocycles. The molecule has 49 heavy (non-hydrogen) atoms. The van der Waals surface area contributed by atoms with E-state index in [2.05, 4.69) is 12.0 Å². The molecule has 0 aromatic carbocycles. The Balaban J connectivity index is 0. The Morgan fingerprint density at radius 2 is 1.51 bits per heavy atom. The lowest BCUT2D eigenvalue weighted by atomic mass is 10.0. The monoisotopic (exact) mass is 821 g/mol. The number of halogens is 3. The Morgan fingerprint density at radius 3 is 2.02 bits per heavy atom. The van der Waals surface area contributed by atoms with Gasteiger partial charge in [0.15, 0.2) is 0 Å². The zero-order chi connectivity index (χ0) is 36.0. The summed E-state index contributed by atoms with van der Waals surface area (Å²) in [6.07, 6.45) is 20.1. The number of ether oxygens (including phenoxy) is 1. The molecule has 1 rings (SSSR count). The number of phosphoric acid groups is 1. The van der Waals surface area contributed by atoms with Crippen molar-refractivity contribution in [3.8, 4) is 0 Å². The molecule has 0 saturated carbocycles. The fourth-order valence-corrected chi connectivity index (χ4v) is 9.42. The van der Waals surface area contributed by atoms with Crippen LogP contribution in [-0.4, -0.2) is 113 Å². The predicted octanol–water partition coefficient (Wildman–Crippen LogP) is 8.98. The minimum Gasteiger partial charge on any atom is -0.756 e. The van der Waals surface area contributed by atoms with E-state index in [0.717, 1.165) is 24.5 Å². The highest BCUT2D eigenvalue weighted by Crippen LogP contribution is 2.48. The standard InChI is InChI=1S/C26H56NO5PS.C7H15Cl2N2O2P.ClH/c1-6-7-8-9-10-11-12-13-14-15-16-17-18-19-22-34-25-26(23-30-5)24-32-33(28,29)31-21-20-27(2,3)4;8-2-4-10-14(12)11(6-3-9)5-1-7-13-14;/h26H,6-25H2,1-5H3;1-7H2,(H,10,12);1H. The van der Waals surface area contributed by atoms with Crippen LogP contribution in [0.4, 0.5) is 0 Å². The van der Waals surface area contributed by atoms with Crippen LogP contribution in [0.15, 0.2) is 0 Å². The summed E-state index contributed by atoms with van der Waals surface area (Å²) in [7, 11) is 0.509. The number of likely N-dealkylation sites (N-methyl/N-ethyl adjacent to an activating group) is 1. The lowest BCUT2D eigenvalue weighted by Crippen LogP contribution is -2.37. The molecule has 0 spiro atoms. The van der Waals surface area contributed by atoms with Gasteiger partial charge < -0.3 is 27.7 Å². The second-order valence-electron chi connectivity index (χ2n) is 13.5. The predicted molar refractivity (Wildman–Crippen MR) is 212 cm³/mol. The summed E-state index contributed by atoms with van der Waals surface area (Å²) in [5.41, 5.74) is 0. The van der Waals surface area contributed by atoms with Gasteiger partial charge in [0.2, 0.25) is 0 Å². The van der Waals surface area contributed by atoms with E-state index in [1.807, 2.05) is 32.9 Å². The van der Waals surface area contributed by atoms with Crippen LogP contribution < -0.4 is 9.98 Å². The van der Waals surface area contributed by atoms with Crippen molar-refractivity contribution in [3.63, 3.8) is 0 Å². The molecular formula is C33H72Cl3N3O7P2S. The van der Waals surface area contributed by atoms with Crippen molar-refractivity contribution in [3.05, 3.63) is 0 Å². The van der Waals surface area contributed by atoms with Crippen LogP contribution in [0, 0.1) is 5.92 Å². The van der Waals surface area contributed by atoms with Crippen LogP contribution in [0.3, 0.4) is 0 Å². The van der Waals surface area contributed by atoms with Gasteiger partial charge in [-0.15, -0.1) is 35.6 Å². The second-order valence-corrected chi connectivity index (χ2v) is 19.0. The van der Waals surface area contributed by atoms with Gasteiger partial charge in [0.25, 0.3) is 7.82 Å². The highest BCUT2D eigenvalue weighted by atomic mass is 35.5. The minimum atomic E-state index is -4.26. The molecule has 0 radical (unpaired) electrons. The molecule has 16 heteroatoms. The average Bonchev–Trinajstić information content (AvgIpc) is 3.03. The van der Waals surface area contributed by atoms with Gasteiger partial charge in [-0.25, -0.2) is 9.76 Å². The maximum absolute atomic E-state index is 12.2. The number of thioether (sulfide) groups is 1. The number of hydrogen-bond acceptors (Lipinski definition) is 8. The zero-order valence-electron chi connectivity index (χ0n) is 31.4. The van der Waals surface area contributed by atoms with Crippen LogP contribution >= 0.6 is 62.9 Å². The Bertz CT molecular complexity index is 837. The molecule has 0 bridgehead atoms. The quantitative estimate of drug-likeness (QED) is 0.0315. The number of unbranched alkanes of at least 4 members (excludes halogenated alkanes) is 13. The Labute approximate surface area is 321 Å². The molecule has 0 aromatic rings. The first-order chi connectivity index (χ1) is 22.9. The van der Waals surface area contributed by atoms with Gasteiger partial charge in [-0.1, -0.05) is 90.4 Å². The summed E-state index contributed by atoms with van der Waals surface area (Å²) in [4.78, 5) is 12.0. The number of phosphoric ester groups is 1. The van der Waals surface area contributed by atoms with E-state index in [0.29, 0.717) is 49.1 Å². The fraction of sp³-hybridized carbons (Fsp3) is 1.00. The molecule has 1 aliphatic heterocycles. The molecule has 298 valence electrons. The summed E-state index contributed by atoms with van der Waals surface area (Å²) in [5.74, 6) is 2.86. The van der Waals surface area contributed by atoms with Gasteiger partial charge in [-0.05, 0) is 18.6 Å². The summed E-state index contributed by atoms with van der Waals surface area (Å²) < 4.78 is 47.2. The van der Waals surface area contributed by atoms with E-state index in [9.17, 15) is 14.0 Å². The number of rotatable bonds is 31. The smallest absolute Gasteiger partial charge is 0.343 e. The number of nitrogens with zero attached hydrogens (tertiary/aromatic N) is 2. The first kappa shape index (κ1) is 52.5. The molecule has 1 aliphatic rings.